The Morgan fingerprint density at radius 1 is 1.12 bits per heavy atom. The molecule has 86 valence electrons. The van der Waals surface area contributed by atoms with E-state index in [1.165, 1.54) is 12.3 Å². The fourth-order valence-corrected chi connectivity index (χ4v) is 1.08. The molecule has 2 rings (SSSR count). The van der Waals surface area contributed by atoms with E-state index in [-0.39, 0.29) is 27.2 Å². The molecule has 0 atom stereocenters. The van der Waals surface area contributed by atoms with Crippen molar-refractivity contribution in [3.63, 3.8) is 0 Å². The molecule has 0 aliphatic carbocycles. The minimum atomic E-state index is -4.66. The zero-order valence-corrected chi connectivity index (χ0v) is 10.7. The fourth-order valence-electron chi connectivity index (χ4n) is 1.08. The maximum Gasteiger partial charge on any atom is 2.00 e. The van der Waals surface area contributed by atoms with E-state index < -0.39 is 17.6 Å². The number of rotatable bonds is 1. The summed E-state index contributed by atoms with van der Waals surface area (Å²) in [6, 6.07) is 2.83. The van der Waals surface area contributed by atoms with Crippen LogP contribution in [0.4, 0.5) is 17.6 Å². The van der Waals surface area contributed by atoms with Gasteiger partial charge in [0.25, 0.3) is 0 Å². The van der Waals surface area contributed by atoms with Crippen molar-refractivity contribution in [3.05, 3.63) is 52.8 Å². The van der Waals surface area contributed by atoms with E-state index in [9.17, 15) is 17.6 Å². The van der Waals surface area contributed by atoms with E-state index >= 15 is 0 Å². The largest absolute Gasteiger partial charge is 2.00 e. The molecule has 0 saturated carbocycles. The van der Waals surface area contributed by atoms with Crippen LogP contribution < -0.4 is 0 Å². The van der Waals surface area contributed by atoms with Crippen molar-refractivity contribution in [2.75, 3.05) is 0 Å². The van der Waals surface area contributed by atoms with Crippen molar-refractivity contribution in [3.8, 4) is 0 Å². The monoisotopic (exact) mass is 402 g/mol. The molecule has 1 aromatic carbocycles. The van der Waals surface area contributed by atoms with Crippen molar-refractivity contribution < 1.29 is 38.6 Å². The maximum absolute atomic E-state index is 12.8. The Balaban J connectivity index is 0.00000112. The van der Waals surface area contributed by atoms with Gasteiger partial charge in [0.05, 0.1) is 5.56 Å². The number of benzene rings is 1. The molecule has 0 radical (unpaired) electrons. The van der Waals surface area contributed by atoms with Gasteiger partial charge in [-0.15, -0.1) is 0 Å². The van der Waals surface area contributed by atoms with E-state index in [1.807, 2.05) is 0 Å². The van der Waals surface area contributed by atoms with E-state index in [2.05, 4.69) is 5.32 Å². The van der Waals surface area contributed by atoms with Crippen LogP contribution in [0.3, 0.4) is 0 Å². The molecule has 1 heterocycles. The maximum atomic E-state index is 12.8. The second kappa shape index (κ2) is 4.97. The molecule has 0 amide bonds. The predicted octanol–water partition coefficient (Wildman–Crippen LogP) is 4.24. The summed E-state index contributed by atoms with van der Waals surface area (Å²) in [7, 11) is 0. The van der Waals surface area contributed by atoms with Gasteiger partial charge in [0.2, 0.25) is 0 Å². The normalized spacial score (nSPS) is 12.9. The number of nitrogens with two attached hydrogens (primary N) is 1. The Kier molecular flexibility index (Phi) is 4.70. The molecule has 0 bridgehead atoms. The first-order chi connectivity index (χ1) is 6.48. The summed E-state index contributed by atoms with van der Waals surface area (Å²) in [5.74, 6) is -1.26. The number of hydrogen-bond acceptors (Lipinski definition) is 0. The van der Waals surface area contributed by atoms with Gasteiger partial charge in [-0.3, -0.25) is 0 Å². The van der Waals surface area contributed by atoms with E-state index in [0.29, 0.717) is 11.3 Å². The minimum absolute atomic E-state index is 0. The number of halogens is 4. The predicted molar refractivity (Wildman–Crippen MR) is 48.0 cm³/mol. The summed E-state index contributed by atoms with van der Waals surface area (Å²) in [4.78, 5) is 0. The zero-order valence-electron chi connectivity index (χ0n) is 7.75. The summed E-state index contributed by atoms with van der Waals surface area (Å²) in [5.41, 5.74) is -0.493. The molecule has 1 aromatic rings. The molecule has 0 saturated heterocycles. The third-order valence-electron chi connectivity index (χ3n) is 1.83. The average molecular weight is 402 g/mol. The van der Waals surface area contributed by atoms with Gasteiger partial charge in [0.15, 0.2) is 0 Å². The van der Waals surface area contributed by atoms with Crippen molar-refractivity contribution in [1.82, 2.24) is 0 Å². The average Bonchev–Trinajstić information content (AvgIpc) is 2.85. The summed E-state index contributed by atoms with van der Waals surface area (Å²) in [6.07, 6.45) is -3.23. The van der Waals surface area contributed by atoms with Crippen LogP contribution in [0.5, 0.6) is 0 Å². The van der Waals surface area contributed by atoms with Crippen LogP contribution in [0.1, 0.15) is 11.1 Å². The van der Waals surface area contributed by atoms with Gasteiger partial charge in [-0.05, 0) is 17.7 Å². The third-order valence-corrected chi connectivity index (χ3v) is 1.83. The van der Waals surface area contributed by atoms with Crippen LogP contribution in [-0.4, -0.2) is 0 Å². The molecule has 0 spiro atoms. The van der Waals surface area contributed by atoms with Gasteiger partial charge < -0.3 is 11.5 Å². The molecular formula is C9H6F4N2W. The first-order valence-electron chi connectivity index (χ1n) is 3.76. The van der Waals surface area contributed by atoms with Crippen molar-refractivity contribution in [1.29, 1.82) is 0 Å². The Morgan fingerprint density at radius 2 is 1.69 bits per heavy atom. The molecule has 7 heteroatoms. The van der Waals surface area contributed by atoms with Gasteiger partial charge in [-0.25, -0.2) is 4.39 Å². The molecular weight excluding hydrogens is 396 g/mol. The summed E-state index contributed by atoms with van der Waals surface area (Å²) in [5, 5.41) is 3.63. The molecule has 2 N–H and O–H groups in total. The van der Waals surface area contributed by atoms with Crippen LogP contribution in [0.15, 0.2) is 24.4 Å². The fraction of sp³-hybridized carbons (Fsp3) is 0.111. The Bertz CT molecular complexity index is 414. The molecule has 0 aromatic heterocycles. The minimum Gasteiger partial charge on any atom is -0.693 e. The van der Waals surface area contributed by atoms with E-state index in [0.717, 1.165) is 12.1 Å². The number of hydrogen-bond donors (Lipinski definition) is 0. The first kappa shape index (κ1) is 15.1. The van der Waals surface area contributed by atoms with Crippen molar-refractivity contribution in [2.24, 2.45) is 0 Å². The van der Waals surface area contributed by atoms with Crippen LogP contribution in [0, 0.1) is 5.82 Å². The Labute approximate surface area is 104 Å². The first-order valence-corrected chi connectivity index (χ1v) is 3.76. The van der Waals surface area contributed by atoms with Gasteiger partial charge in [0, 0.05) is 0 Å². The molecule has 0 unspecified atom stereocenters. The third kappa shape index (κ3) is 3.06. The quantitative estimate of drug-likeness (QED) is 0.632. The smallest absolute Gasteiger partial charge is 0.693 e. The molecule has 1 aliphatic rings. The number of nitrogens with zero attached hydrogens (tertiary/aromatic N) is 1. The summed E-state index contributed by atoms with van der Waals surface area (Å²) >= 11 is 0. The molecule has 2 nitrogen and oxygen atoms in total. The van der Waals surface area contributed by atoms with Gasteiger partial charge >= 0.3 is 27.2 Å². The van der Waals surface area contributed by atoms with Crippen molar-refractivity contribution >= 4 is 5.70 Å². The summed E-state index contributed by atoms with van der Waals surface area (Å²) < 4.78 is 49.4. The SMILES string of the molecule is Fc1ccc(C2=C[N-]2)cc1C(F)(F)F.[NH2-].[W+2]. The summed E-state index contributed by atoms with van der Waals surface area (Å²) in [6.45, 7) is 0. The number of alkyl halides is 3. The second-order valence-corrected chi connectivity index (χ2v) is 2.84. The standard InChI is InChI=1S/C9H4F4N.H2N.W/c10-7-2-1-5(8-4-14-8)3-6(7)9(11,12)13;;/h1-4H;1H2;/q2*-1;+2. The van der Waals surface area contributed by atoms with Crippen LogP contribution >= 0.6 is 0 Å². The van der Waals surface area contributed by atoms with Gasteiger partial charge in [-0.1, -0.05) is 6.07 Å². The van der Waals surface area contributed by atoms with E-state index in [1.54, 1.807) is 0 Å². The zero-order chi connectivity index (χ0) is 10.3. The molecule has 0 fully saturated rings. The Hall–Kier alpha value is -0.872. The molecule has 1 aliphatic heterocycles. The van der Waals surface area contributed by atoms with Crippen molar-refractivity contribution in [2.45, 2.75) is 6.18 Å². The second-order valence-electron chi connectivity index (χ2n) is 2.84. The topological polar surface area (TPSA) is 47.6 Å². The van der Waals surface area contributed by atoms with Gasteiger partial charge in [-0.2, -0.15) is 25.1 Å². The van der Waals surface area contributed by atoms with E-state index in [4.69, 9.17) is 0 Å². The van der Waals surface area contributed by atoms with Crippen LogP contribution in [0.2, 0.25) is 0 Å². The molecule has 16 heavy (non-hydrogen) atoms. The van der Waals surface area contributed by atoms with Crippen LogP contribution in [-0.2, 0) is 27.2 Å². The van der Waals surface area contributed by atoms with Gasteiger partial charge in [0.1, 0.15) is 5.82 Å². The Morgan fingerprint density at radius 3 is 2.12 bits per heavy atom. The van der Waals surface area contributed by atoms with Crippen LogP contribution in [0.25, 0.3) is 17.2 Å².